The van der Waals surface area contributed by atoms with Gasteiger partial charge in [-0.25, -0.2) is 4.39 Å². The van der Waals surface area contributed by atoms with E-state index >= 15 is 0 Å². The summed E-state index contributed by atoms with van der Waals surface area (Å²) in [5, 5.41) is 8.33. The molecule has 0 aromatic heterocycles. The van der Waals surface area contributed by atoms with Gasteiger partial charge in [-0.05, 0) is 66.9 Å². The van der Waals surface area contributed by atoms with Crippen LogP contribution in [0.4, 0.5) is 21.5 Å². The van der Waals surface area contributed by atoms with Crippen LogP contribution in [0, 0.1) is 5.82 Å². The van der Waals surface area contributed by atoms with Crippen LogP contribution in [0.3, 0.4) is 0 Å². The summed E-state index contributed by atoms with van der Waals surface area (Å²) in [6.45, 7) is 0.417. The summed E-state index contributed by atoms with van der Waals surface area (Å²) in [5.74, 6) is -1.14. The lowest BCUT2D eigenvalue weighted by Gasteiger charge is -2.08. The topological polar surface area (TPSA) is 113 Å². The highest BCUT2D eigenvalue weighted by molar-refractivity contribution is 6.34. The molecule has 0 saturated heterocycles. The third kappa shape index (κ3) is 5.92. The number of hydrogen-bond acceptors (Lipinski definition) is 4. The van der Waals surface area contributed by atoms with Crippen molar-refractivity contribution < 1.29 is 18.8 Å². The Kier molecular flexibility index (Phi) is 7.21. The number of anilines is 3. The molecule has 0 atom stereocenters. The molecule has 0 radical (unpaired) electrons. The number of unbranched alkanes of at least 4 members (excludes halogenated alkanes) is 1. The van der Waals surface area contributed by atoms with Gasteiger partial charge in [-0.2, -0.15) is 0 Å². The second kappa shape index (κ2) is 10.6. The fourth-order valence-corrected chi connectivity index (χ4v) is 3.78. The molecule has 0 unspecified atom stereocenters. The van der Waals surface area contributed by atoms with Gasteiger partial charge in [0.15, 0.2) is 0 Å². The number of nitrogens with one attached hydrogen (secondary N) is 3. The number of halogens is 1. The van der Waals surface area contributed by atoms with Crippen LogP contribution in [-0.2, 0) is 9.59 Å². The van der Waals surface area contributed by atoms with Crippen molar-refractivity contribution in [2.24, 2.45) is 0 Å². The van der Waals surface area contributed by atoms with Gasteiger partial charge >= 0.3 is 0 Å². The van der Waals surface area contributed by atoms with Gasteiger partial charge in [0.1, 0.15) is 5.82 Å². The summed E-state index contributed by atoms with van der Waals surface area (Å²) in [5.41, 5.74) is 9.39. The first-order valence-electron chi connectivity index (χ1n) is 11.3. The number of nitrogen functional groups attached to an aromatic ring is 1. The smallest absolute Gasteiger partial charge is 0.256 e. The first kappa shape index (κ1) is 23.7. The van der Waals surface area contributed by atoms with Crippen molar-refractivity contribution in [2.45, 2.75) is 19.3 Å². The summed E-state index contributed by atoms with van der Waals surface area (Å²) >= 11 is 0. The molecule has 1 heterocycles. The lowest BCUT2D eigenvalue weighted by Crippen LogP contribution is -2.24. The SMILES string of the molecule is Nc1ccccc1NC(=O)CCCCNC(=O)c1cccc(/C=C2\C(=O)Nc3ccc(F)cc32)c1. The largest absolute Gasteiger partial charge is 0.397 e. The van der Waals surface area contributed by atoms with Gasteiger partial charge in [0.05, 0.1) is 11.4 Å². The minimum Gasteiger partial charge on any atom is -0.397 e. The van der Waals surface area contributed by atoms with Crippen molar-refractivity contribution in [1.82, 2.24) is 5.32 Å². The van der Waals surface area contributed by atoms with Gasteiger partial charge in [0.25, 0.3) is 11.8 Å². The average Bonchev–Trinajstić information content (AvgIpc) is 3.14. The quantitative estimate of drug-likeness (QED) is 0.221. The van der Waals surface area contributed by atoms with Crippen LogP contribution < -0.4 is 21.7 Å². The van der Waals surface area contributed by atoms with E-state index in [-0.39, 0.29) is 17.7 Å². The molecule has 0 spiro atoms. The van der Waals surface area contributed by atoms with Gasteiger partial charge in [-0.15, -0.1) is 0 Å². The van der Waals surface area contributed by atoms with Gasteiger partial charge in [0.2, 0.25) is 5.91 Å². The van der Waals surface area contributed by atoms with E-state index < -0.39 is 5.82 Å². The number of fused-ring (bicyclic) bond motifs is 1. The standard InChI is InChI=1S/C27H25FN4O3/c28-19-11-12-23-20(16-19)21(27(35)32-23)15-17-6-5-7-18(14-17)26(34)30-13-4-3-10-25(33)31-24-9-2-1-8-22(24)29/h1-2,5-9,11-12,14-16H,3-4,10,13,29H2,(H,30,34)(H,31,33)(H,32,35)/b21-15-. The number of nitrogens with two attached hydrogens (primary N) is 1. The fraction of sp³-hybridized carbons (Fsp3) is 0.148. The van der Waals surface area contributed by atoms with Crippen molar-refractivity contribution in [3.8, 4) is 0 Å². The van der Waals surface area contributed by atoms with Crippen LogP contribution in [0.5, 0.6) is 0 Å². The molecule has 3 aromatic carbocycles. The van der Waals surface area contributed by atoms with Gasteiger partial charge < -0.3 is 21.7 Å². The van der Waals surface area contributed by atoms with Crippen molar-refractivity contribution in [3.63, 3.8) is 0 Å². The molecule has 4 rings (SSSR count). The molecule has 1 aliphatic rings. The molecule has 8 heteroatoms. The molecule has 7 nitrogen and oxygen atoms in total. The Morgan fingerprint density at radius 2 is 1.83 bits per heavy atom. The molecule has 0 saturated carbocycles. The molecular weight excluding hydrogens is 447 g/mol. The van der Waals surface area contributed by atoms with E-state index in [0.29, 0.717) is 65.1 Å². The number of hydrogen-bond donors (Lipinski definition) is 4. The Bertz CT molecular complexity index is 1320. The zero-order chi connectivity index (χ0) is 24.8. The third-order valence-electron chi connectivity index (χ3n) is 5.58. The maximum absolute atomic E-state index is 13.7. The molecule has 0 aliphatic carbocycles. The lowest BCUT2D eigenvalue weighted by atomic mass is 10.0. The minimum atomic E-state index is -0.430. The highest BCUT2D eigenvalue weighted by Crippen LogP contribution is 2.33. The fourth-order valence-electron chi connectivity index (χ4n) is 3.78. The monoisotopic (exact) mass is 472 g/mol. The maximum atomic E-state index is 13.7. The zero-order valence-electron chi connectivity index (χ0n) is 18.9. The number of carbonyl (C=O) groups is 3. The number of amides is 3. The third-order valence-corrected chi connectivity index (χ3v) is 5.58. The molecule has 1 aliphatic heterocycles. The van der Waals surface area contributed by atoms with Gasteiger partial charge in [0, 0.05) is 35.4 Å². The molecule has 35 heavy (non-hydrogen) atoms. The van der Waals surface area contributed by atoms with E-state index in [0.717, 1.165) is 0 Å². The first-order valence-corrected chi connectivity index (χ1v) is 11.3. The maximum Gasteiger partial charge on any atom is 0.256 e. The molecule has 3 aromatic rings. The molecule has 0 bridgehead atoms. The molecule has 3 amide bonds. The van der Waals surface area contributed by atoms with Crippen molar-refractivity contribution in [2.75, 3.05) is 22.9 Å². The number of para-hydroxylation sites is 2. The summed E-state index contributed by atoms with van der Waals surface area (Å²) in [4.78, 5) is 37.0. The first-order chi connectivity index (χ1) is 16.9. The molecule has 5 N–H and O–H groups in total. The second-order valence-electron chi connectivity index (χ2n) is 8.18. The zero-order valence-corrected chi connectivity index (χ0v) is 18.9. The highest BCUT2D eigenvalue weighted by Gasteiger charge is 2.24. The van der Waals surface area contributed by atoms with E-state index in [9.17, 15) is 18.8 Å². The molecule has 178 valence electrons. The van der Waals surface area contributed by atoms with E-state index in [1.54, 1.807) is 54.6 Å². The molecule has 0 fully saturated rings. The van der Waals surface area contributed by atoms with Crippen LogP contribution >= 0.6 is 0 Å². The van der Waals surface area contributed by atoms with Crippen molar-refractivity contribution >= 4 is 46.4 Å². The summed E-state index contributed by atoms with van der Waals surface area (Å²) in [6, 6.07) is 18.0. The lowest BCUT2D eigenvalue weighted by molar-refractivity contribution is -0.116. The number of benzene rings is 3. The van der Waals surface area contributed by atoms with E-state index in [4.69, 9.17) is 5.73 Å². The van der Waals surface area contributed by atoms with Crippen LogP contribution in [0.1, 0.15) is 40.7 Å². The Balaban J connectivity index is 1.29. The van der Waals surface area contributed by atoms with Crippen LogP contribution in [0.2, 0.25) is 0 Å². The van der Waals surface area contributed by atoms with Crippen molar-refractivity contribution in [1.29, 1.82) is 0 Å². The summed E-state index contributed by atoms with van der Waals surface area (Å²) in [6.07, 6.45) is 3.19. The minimum absolute atomic E-state index is 0.132. The Morgan fingerprint density at radius 3 is 2.66 bits per heavy atom. The van der Waals surface area contributed by atoms with E-state index in [2.05, 4.69) is 16.0 Å². The Labute approximate surface area is 202 Å². The van der Waals surface area contributed by atoms with Crippen LogP contribution in [0.15, 0.2) is 66.7 Å². The van der Waals surface area contributed by atoms with Gasteiger partial charge in [-0.1, -0.05) is 24.3 Å². The summed E-state index contributed by atoms with van der Waals surface area (Å²) < 4.78 is 13.7. The second-order valence-corrected chi connectivity index (χ2v) is 8.18. The number of carbonyl (C=O) groups excluding carboxylic acids is 3. The Morgan fingerprint density at radius 1 is 1.00 bits per heavy atom. The predicted molar refractivity (Wildman–Crippen MR) is 135 cm³/mol. The van der Waals surface area contributed by atoms with Gasteiger partial charge in [-0.3, -0.25) is 14.4 Å². The highest BCUT2D eigenvalue weighted by atomic mass is 19.1. The van der Waals surface area contributed by atoms with E-state index in [1.807, 2.05) is 0 Å². The predicted octanol–water partition coefficient (Wildman–Crippen LogP) is 4.44. The van der Waals surface area contributed by atoms with Crippen molar-refractivity contribution in [3.05, 3.63) is 89.2 Å². The Hall–Kier alpha value is -4.46. The van der Waals surface area contributed by atoms with Crippen LogP contribution in [0.25, 0.3) is 11.6 Å². The normalized spacial score (nSPS) is 13.3. The van der Waals surface area contributed by atoms with Crippen LogP contribution in [-0.4, -0.2) is 24.3 Å². The summed E-state index contributed by atoms with van der Waals surface area (Å²) in [7, 11) is 0. The number of rotatable bonds is 8. The molecular formula is C27H25FN4O3. The average molecular weight is 473 g/mol. The van der Waals surface area contributed by atoms with E-state index in [1.165, 1.54) is 18.2 Å².